The molecule has 0 aliphatic heterocycles. The summed E-state index contributed by atoms with van der Waals surface area (Å²) in [6.07, 6.45) is 0.892. The molecule has 1 aromatic heterocycles. The highest BCUT2D eigenvalue weighted by molar-refractivity contribution is 5.89. The number of alkyl halides is 1. The van der Waals surface area contributed by atoms with E-state index in [1.807, 2.05) is 0 Å². The Morgan fingerprint density at radius 2 is 2.43 bits per heavy atom. The van der Waals surface area contributed by atoms with Gasteiger partial charge in [0.2, 0.25) is 5.69 Å². The zero-order valence-electron chi connectivity index (χ0n) is 6.88. The summed E-state index contributed by atoms with van der Waals surface area (Å²) < 4.78 is 12.7. The Hall–Kier alpha value is -1.99. The van der Waals surface area contributed by atoms with Crippen LogP contribution in [0.5, 0.6) is 0 Å². The minimum Gasteiger partial charge on any atom is -0.476 e. The third-order valence-electron chi connectivity index (χ3n) is 1.46. The number of aromatic carboxylic acids is 1. The number of aryl methyl sites for hydroxylation is 1. The van der Waals surface area contributed by atoms with Crippen LogP contribution < -0.4 is 0 Å². The number of hydrogen-bond acceptors (Lipinski definition) is 4. The van der Waals surface area contributed by atoms with Crippen molar-refractivity contribution in [1.29, 1.82) is 0 Å². The van der Waals surface area contributed by atoms with Crippen molar-refractivity contribution in [3.63, 3.8) is 0 Å². The molecule has 1 heterocycles. The topological polar surface area (TPSA) is 98.3 Å². The standard InChI is InChI=1S/C6H6FN3O4/c7-1-2-9-3-4(10(13)14)5(8-9)6(11)12/h3H,1-2H2,(H,11,12). The molecule has 1 N–H and O–H groups in total. The maximum Gasteiger partial charge on any atom is 0.363 e. The maximum absolute atomic E-state index is 11.8. The summed E-state index contributed by atoms with van der Waals surface area (Å²) >= 11 is 0. The fraction of sp³-hybridized carbons (Fsp3) is 0.333. The van der Waals surface area contributed by atoms with Gasteiger partial charge in [-0.05, 0) is 0 Å². The average molecular weight is 203 g/mol. The van der Waals surface area contributed by atoms with Gasteiger partial charge in [-0.2, -0.15) is 5.10 Å². The molecule has 0 aliphatic carbocycles. The van der Waals surface area contributed by atoms with Crippen molar-refractivity contribution in [2.24, 2.45) is 0 Å². The molecule has 8 heteroatoms. The smallest absolute Gasteiger partial charge is 0.363 e. The summed E-state index contributed by atoms with van der Waals surface area (Å²) in [5.41, 5.74) is -1.31. The van der Waals surface area contributed by atoms with Crippen LogP contribution >= 0.6 is 0 Å². The van der Waals surface area contributed by atoms with Gasteiger partial charge in [-0.15, -0.1) is 0 Å². The average Bonchev–Trinajstić information content (AvgIpc) is 2.49. The van der Waals surface area contributed by atoms with Crippen LogP contribution in [-0.4, -0.2) is 32.5 Å². The largest absolute Gasteiger partial charge is 0.476 e. The molecular formula is C6H6FN3O4. The second-order valence-corrected chi connectivity index (χ2v) is 2.38. The molecular weight excluding hydrogens is 197 g/mol. The molecule has 14 heavy (non-hydrogen) atoms. The molecule has 0 fully saturated rings. The van der Waals surface area contributed by atoms with Crippen LogP contribution in [-0.2, 0) is 6.54 Å². The van der Waals surface area contributed by atoms with E-state index in [-0.39, 0.29) is 6.54 Å². The lowest BCUT2D eigenvalue weighted by molar-refractivity contribution is -0.385. The van der Waals surface area contributed by atoms with Crippen LogP contribution in [0.3, 0.4) is 0 Å². The van der Waals surface area contributed by atoms with E-state index in [2.05, 4.69) is 5.10 Å². The van der Waals surface area contributed by atoms with Crippen molar-refractivity contribution in [2.75, 3.05) is 6.67 Å². The number of rotatable bonds is 4. The van der Waals surface area contributed by atoms with Gasteiger partial charge in [0.25, 0.3) is 0 Å². The summed E-state index contributed by atoms with van der Waals surface area (Å²) in [4.78, 5) is 19.9. The van der Waals surface area contributed by atoms with Crippen molar-refractivity contribution >= 4 is 11.7 Å². The lowest BCUT2D eigenvalue weighted by Gasteiger charge is -1.91. The molecule has 0 atom stereocenters. The lowest BCUT2D eigenvalue weighted by Crippen LogP contribution is -2.04. The van der Waals surface area contributed by atoms with Gasteiger partial charge >= 0.3 is 11.7 Å². The van der Waals surface area contributed by atoms with Gasteiger partial charge in [-0.25, -0.2) is 9.18 Å². The molecule has 1 aromatic rings. The summed E-state index contributed by atoms with van der Waals surface area (Å²) in [6.45, 7) is -0.966. The van der Waals surface area contributed by atoms with Gasteiger partial charge in [0.1, 0.15) is 12.9 Å². The van der Waals surface area contributed by atoms with Gasteiger partial charge in [-0.1, -0.05) is 0 Å². The molecule has 0 saturated carbocycles. The Bertz CT molecular complexity index is 344. The van der Waals surface area contributed by atoms with Gasteiger partial charge in [0, 0.05) is 0 Å². The molecule has 0 aliphatic rings. The first-order valence-corrected chi connectivity index (χ1v) is 3.57. The van der Waals surface area contributed by atoms with E-state index in [4.69, 9.17) is 5.11 Å². The summed E-state index contributed by atoms with van der Waals surface area (Å²) in [6, 6.07) is 0. The van der Waals surface area contributed by atoms with E-state index in [1.165, 1.54) is 0 Å². The summed E-state index contributed by atoms with van der Waals surface area (Å²) in [5, 5.41) is 22.2. The highest BCUT2D eigenvalue weighted by Gasteiger charge is 2.24. The van der Waals surface area contributed by atoms with E-state index in [9.17, 15) is 19.3 Å². The van der Waals surface area contributed by atoms with Crippen LogP contribution in [0.2, 0.25) is 0 Å². The van der Waals surface area contributed by atoms with E-state index >= 15 is 0 Å². The Morgan fingerprint density at radius 3 is 2.79 bits per heavy atom. The second kappa shape index (κ2) is 3.81. The van der Waals surface area contributed by atoms with Crippen molar-refractivity contribution in [3.05, 3.63) is 22.0 Å². The zero-order chi connectivity index (χ0) is 10.7. The summed E-state index contributed by atoms with van der Waals surface area (Å²) in [5.74, 6) is -1.51. The molecule has 0 aromatic carbocycles. The van der Waals surface area contributed by atoms with Crippen LogP contribution in [0, 0.1) is 10.1 Å². The molecule has 0 spiro atoms. The number of carboxylic acids is 1. The van der Waals surface area contributed by atoms with E-state index in [1.54, 1.807) is 0 Å². The Labute approximate surface area is 76.9 Å². The second-order valence-electron chi connectivity index (χ2n) is 2.38. The fourth-order valence-corrected chi connectivity index (χ4v) is 0.898. The first kappa shape index (κ1) is 10.1. The minimum atomic E-state index is -1.51. The number of carboxylic acid groups (broad SMARTS) is 1. The Morgan fingerprint density at radius 1 is 1.79 bits per heavy atom. The minimum absolute atomic E-state index is 0.200. The predicted molar refractivity (Wildman–Crippen MR) is 41.8 cm³/mol. The normalized spacial score (nSPS) is 10.1. The first-order valence-electron chi connectivity index (χ1n) is 3.57. The Balaban J connectivity index is 3.12. The van der Waals surface area contributed by atoms with E-state index in [0.717, 1.165) is 10.9 Å². The molecule has 0 radical (unpaired) electrons. The zero-order valence-corrected chi connectivity index (χ0v) is 6.88. The van der Waals surface area contributed by atoms with Crippen molar-refractivity contribution in [3.8, 4) is 0 Å². The highest BCUT2D eigenvalue weighted by atomic mass is 19.1. The van der Waals surface area contributed by atoms with E-state index in [0.29, 0.717) is 0 Å². The predicted octanol–water partition coefficient (Wildman–Crippen LogP) is 0.459. The molecule has 0 bridgehead atoms. The molecule has 76 valence electrons. The lowest BCUT2D eigenvalue weighted by atomic mass is 10.4. The van der Waals surface area contributed by atoms with Crippen LogP contribution in [0.25, 0.3) is 0 Å². The molecule has 0 amide bonds. The van der Waals surface area contributed by atoms with Gasteiger partial charge in [-0.3, -0.25) is 14.8 Å². The van der Waals surface area contributed by atoms with Crippen LogP contribution in [0.1, 0.15) is 10.5 Å². The molecule has 7 nitrogen and oxygen atoms in total. The van der Waals surface area contributed by atoms with Crippen LogP contribution in [0.15, 0.2) is 6.20 Å². The van der Waals surface area contributed by atoms with Crippen molar-refractivity contribution in [1.82, 2.24) is 9.78 Å². The van der Waals surface area contributed by atoms with Crippen molar-refractivity contribution < 1.29 is 19.2 Å². The number of hydrogen-bond donors (Lipinski definition) is 1. The number of nitrogens with zero attached hydrogens (tertiary/aromatic N) is 3. The monoisotopic (exact) mass is 203 g/mol. The SMILES string of the molecule is O=C(O)c1nn(CCF)cc1[N+](=O)[O-]. The van der Waals surface area contributed by atoms with Gasteiger partial charge < -0.3 is 5.11 Å². The van der Waals surface area contributed by atoms with E-state index < -0.39 is 28.9 Å². The molecule has 0 saturated heterocycles. The quantitative estimate of drug-likeness (QED) is 0.566. The number of nitro groups is 1. The van der Waals surface area contributed by atoms with Gasteiger partial charge in [0.15, 0.2) is 0 Å². The van der Waals surface area contributed by atoms with Gasteiger partial charge in [0.05, 0.1) is 11.5 Å². The fourth-order valence-electron chi connectivity index (χ4n) is 0.898. The Kier molecular flexibility index (Phi) is 2.75. The summed E-state index contributed by atoms with van der Waals surface area (Å²) in [7, 11) is 0. The molecule has 0 unspecified atom stereocenters. The number of aromatic nitrogens is 2. The maximum atomic E-state index is 11.8. The molecule has 1 rings (SSSR count). The van der Waals surface area contributed by atoms with Crippen LogP contribution in [0.4, 0.5) is 10.1 Å². The number of carbonyl (C=O) groups is 1. The van der Waals surface area contributed by atoms with Crippen molar-refractivity contribution in [2.45, 2.75) is 6.54 Å². The first-order chi connectivity index (χ1) is 6.56. The third-order valence-corrected chi connectivity index (χ3v) is 1.46. The third kappa shape index (κ3) is 1.84. The number of halogens is 1. The highest BCUT2D eigenvalue weighted by Crippen LogP contribution is 2.16.